The lowest BCUT2D eigenvalue weighted by atomic mass is 10.3. The summed E-state index contributed by atoms with van der Waals surface area (Å²) in [5.74, 6) is 1.82. The number of furan rings is 1. The molecule has 1 heterocycles. The van der Waals surface area contributed by atoms with Crippen LogP contribution in [0.5, 0.6) is 0 Å². The van der Waals surface area contributed by atoms with Gasteiger partial charge in [0.2, 0.25) is 0 Å². The summed E-state index contributed by atoms with van der Waals surface area (Å²) in [6.07, 6.45) is 0.928. The number of rotatable bonds is 3. The molecule has 2 heteroatoms. The largest absolute Gasteiger partial charge is 0.460 e. The fourth-order valence-electron chi connectivity index (χ4n) is 0.853. The molecule has 0 radical (unpaired) electrons. The van der Waals surface area contributed by atoms with Crippen LogP contribution in [0.4, 0.5) is 0 Å². The number of aryl methyl sites for hydroxylation is 1. The monoisotopic (exact) mass is 151 g/mol. The van der Waals surface area contributed by atoms with E-state index < -0.39 is 0 Å². The third kappa shape index (κ3) is 1.64. The normalized spacial score (nSPS) is 9.64. The number of hydrogen-bond donors (Lipinski definition) is 1. The Balaban J connectivity index is 2.80. The van der Waals surface area contributed by atoms with Gasteiger partial charge in [0.05, 0.1) is 5.70 Å². The lowest BCUT2D eigenvalue weighted by Crippen LogP contribution is -2.01. The minimum absolute atomic E-state index is 0.823. The SMILES string of the molecule is C=C(NC)c1ccc(CC)o1. The molecule has 0 amide bonds. The van der Waals surface area contributed by atoms with Crippen molar-refractivity contribution in [2.24, 2.45) is 0 Å². The zero-order valence-electron chi connectivity index (χ0n) is 6.98. The van der Waals surface area contributed by atoms with E-state index in [1.54, 1.807) is 0 Å². The van der Waals surface area contributed by atoms with E-state index in [9.17, 15) is 0 Å². The highest BCUT2D eigenvalue weighted by Gasteiger charge is 2.01. The van der Waals surface area contributed by atoms with E-state index in [1.165, 1.54) is 0 Å². The minimum Gasteiger partial charge on any atom is -0.460 e. The van der Waals surface area contributed by atoms with Gasteiger partial charge in [-0.2, -0.15) is 0 Å². The zero-order valence-corrected chi connectivity index (χ0v) is 6.98. The Bertz CT molecular complexity index is 250. The van der Waals surface area contributed by atoms with Crippen LogP contribution in [0.1, 0.15) is 18.4 Å². The molecule has 2 nitrogen and oxygen atoms in total. The van der Waals surface area contributed by atoms with Crippen LogP contribution in [0.3, 0.4) is 0 Å². The second kappa shape index (κ2) is 3.28. The maximum absolute atomic E-state index is 5.42. The van der Waals surface area contributed by atoms with Crippen LogP contribution >= 0.6 is 0 Å². The zero-order chi connectivity index (χ0) is 8.27. The van der Waals surface area contributed by atoms with Crippen molar-refractivity contribution in [2.75, 3.05) is 7.05 Å². The molecule has 0 aliphatic heterocycles. The Hall–Kier alpha value is -1.18. The summed E-state index contributed by atoms with van der Waals surface area (Å²) in [5, 5.41) is 2.93. The first-order valence-electron chi connectivity index (χ1n) is 3.73. The Labute approximate surface area is 66.9 Å². The molecule has 0 fully saturated rings. The molecular formula is C9H13NO. The third-order valence-corrected chi connectivity index (χ3v) is 1.61. The summed E-state index contributed by atoms with van der Waals surface area (Å²) < 4.78 is 5.42. The molecule has 0 spiro atoms. The number of hydrogen-bond acceptors (Lipinski definition) is 2. The first kappa shape index (κ1) is 7.92. The molecule has 0 atom stereocenters. The van der Waals surface area contributed by atoms with Crippen molar-refractivity contribution in [1.82, 2.24) is 5.32 Å². The first-order chi connectivity index (χ1) is 5.27. The van der Waals surface area contributed by atoms with Gasteiger partial charge in [-0.25, -0.2) is 0 Å². The van der Waals surface area contributed by atoms with E-state index in [0.29, 0.717) is 0 Å². The van der Waals surface area contributed by atoms with Crippen LogP contribution in [0, 0.1) is 0 Å². The maximum atomic E-state index is 5.42. The standard InChI is InChI=1S/C9H13NO/c1-4-8-5-6-9(11-8)7(2)10-3/h5-6,10H,2,4H2,1,3H3. The van der Waals surface area contributed by atoms with E-state index in [1.807, 2.05) is 19.2 Å². The third-order valence-electron chi connectivity index (χ3n) is 1.61. The molecule has 60 valence electrons. The highest BCUT2D eigenvalue weighted by Crippen LogP contribution is 2.13. The highest BCUT2D eigenvalue weighted by atomic mass is 16.3. The summed E-state index contributed by atoms with van der Waals surface area (Å²) >= 11 is 0. The Morgan fingerprint density at radius 3 is 2.82 bits per heavy atom. The predicted octanol–water partition coefficient (Wildman–Crippen LogP) is 2.03. The summed E-state index contributed by atoms with van der Waals surface area (Å²) in [6, 6.07) is 3.90. The van der Waals surface area contributed by atoms with Gasteiger partial charge in [-0.05, 0) is 12.1 Å². The summed E-state index contributed by atoms with van der Waals surface area (Å²) in [4.78, 5) is 0. The van der Waals surface area contributed by atoms with Gasteiger partial charge in [0, 0.05) is 13.5 Å². The van der Waals surface area contributed by atoms with Gasteiger partial charge >= 0.3 is 0 Å². The van der Waals surface area contributed by atoms with E-state index in [4.69, 9.17) is 4.42 Å². The molecule has 1 N–H and O–H groups in total. The van der Waals surface area contributed by atoms with Gasteiger partial charge in [-0.1, -0.05) is 13.5 Å². The Kier molecular flexibility index (Phi) is 2.36. The average molecular weight is 151 g/mol. The molecule has 0 aliphatic rings. The van der Waals surface area contributed by atoms with Crippen LogP contribution in [-0.4, -0.2) is 7.05 Å². The van der Waals surface area contributed by atoms with Crippen molar-refractivity contribution in [2.45, 2.75) is 13.3 Å². The van der Waals surface area contributed by atoms with Crippen molar-refractivity contribution >= 4 is 5.70 Å². The van der Waals surface area contributed by atoms with Crippen molar-refractivity contribution < 1.29 is 4.42 Å². The van der Waals surface area contributed by atoms with Gasteiger partial charge in [-0.3, -0.25) is 0 Å². The summed E-state index contributed by atoms with van der Waals surface area (Å²) in [5.41, 5.74) is 0.824. The molecule has 11 heavy (non-hydrogen) atoms. The van der Waals surface area contributed by atoms with Crippen molar-refractivity contribution in [1.29, 1.82) is 0 Å². The van der Waals surface area contributed by atoms with Crippen LogP contribution in [0.2, 0.25) is 0 Å². The van der Waals surface area contributed by atoms with Crippen molar-refractivity contribution in [3.05, 3.63) is 30.2 Å². The first-order valence-corrected chi connectivity index (χ1v) is 3.73. The van der Waals surface area contributed by atoms with Crippen molar-refractivity contribution in [3.63, 3.8) is 0 Å². The van der Waals surface area contributed by atoms with E-state index >= 15 is 0 Å². The molecule has 1 aromatic heterocycles. The molecule has 0 unspecified atom stereocenters. The van der Waals surface area contributed by atoms with Crippen LogP contribution < -0.4 is 5.32 Å². The van der Waals surface area contributed by atoms with Gasteiger partial charge in [0.25, 0.3) is 0 Å². The van der Waals surface area contributed by atoms with Crippen LogP contribution in [-0.2, 0) is 6.42 Å². The lowest BCUT2D eigenvalue weighted by Gasteiger charge is -1.98. The predicted molar refractivity (Wildman–Crippen MR) is 46.2 cm³/mol. The molecule has 1 rings (SSSR count). The van der Waals surface area contributed by atoms with Gasteiger partial charge in [-0.15, -0.1) is 0 Å². The smallest absolute Gasteiger partial charge is 0.149 e. The van der Waals surface area contributed by atoms with Gasteiger partial charge in [0.1, 0.15) is 11.5 Å². The topological polar surface area (TPSA) is 25.2 Å². The molecule has 0 saturated carbocycles. The van der Waals surface area contributed by atoms with Gasteiger partial charge < -0.3 is 9.73 Å². The quantitative estimate of drug-likeness (QED) is 0.715. The fourth-order valence-corrected chi connectivity index (χ4v) is 0.853. The molecule has 0 aliphatic carbocycles. The molecule has 0 aromatic carbocycles. The maximum Gasteiger partial charge on any atom is 0.149 e. The second-order valence-corrected chi connectivity index (χ2v) is 2.35. The van der Waals surface area contributed by atoms with E-state index in [2.05, 4.69) is 18.8 Å². The lowest BCUT2D eigenvalue weighted by molar-refractivity contribution is 0.501. The summed E-state index contributed by atoms with van der Waals surface area (Å²) in [6.45, 7) is 5.85. The Morgan fingerprint density at radius 2 is 2.36 bits per heavy atom. The molecule has 0 saturated heterocycles. The van der Waals surface area contributed by atoms with E-state index in [0.717, 1.165) is 23.6 Å². The molecule has 0 bridgehead atoms. The molecule has 1 aromatic rings. The van der Waals surface area contributed by atoms with Crippen molar-refractivity contribution in [3.8, 4) is 0 Å². The Morgan fingerprint density at radius 1 is 1.64 bits per heavy atom. The minimum atomic E-state index is 0.823. The van der Waals surface area contributed by atoms with Crippen LogP contribution in [0.15, 0.2) is 23.1 Å². The fraction of sp³-hybridized carbons (Fsp3) is 0.333. The van der Waals surface area contributed by atoms with Crippen LogP contribution in [0.25, 0.3) is 5.70 Å². The average Bonchev–Trinajstić information content (AvgIpc) is 2.50. The highest BCUT2D eigenvalue weighted by molar-refractivity contribution is 5.56. The second-order valence-electron chi connectivity index (χ2n) is 2.35. The summed E-state index contributed by atoms with van der Waals surface area (Å²) in [7, 11) is 1.83. The number of nitrogens with one attached hydrogen (secondary N) is 1. The van der Waals surface area contributed by atoms with E-state index in [-0.39, 0.29) is 0 Å². The molecular weight excluding hydrogens is 138 g/mol. The van der Waals surface area contributed by atoms with Gasteiger partial charge in [0.15, 0.2) is 0 Å².